The lowest BCUT2D eigenvalue weighted by Gasteiger charge is -2.37. The van der Waals surface area contributed by atoms with E-state index < -0.39 is 63.4 Å². The van der Waals surface area contributed by atoms with Gasteiger partial charge in [-0.3, -0.25) is 4.18 Å². The average molecular weight is 650 g/mol. The first-order valence-electron chi connectivity index (χ1n) is 9.28. The van der Waals surface area contributed by atoms with Gasteiger partial charge in [-0.15, -0.1) is 0 Å². The summed E-state index contributed by atoms with van der Waals surface area (Å²) in [7, 11) is -4.14. The van der Waals surface area contributed by atoms with Gasteiger partial charge in [0, 0.05) is 10.3 Å². The van der Waals surface area contributed by atoms with Gasteiger partial charge in [0.1, 0.15) is 0 Å². The average Bonchev–Trinajstić information content (AvgIpc) is 2.66. The quantitative estimate of drug-likeness (QED) is 0.0793. The Labute approximate surface area is 201 Å². The van der Waals surface area contributed by atoms with Crippen LogP contribution in [0.5, 0.6) is 0 Å². The molecule has 1 unspecified atom stereocenters. The van der Waals surface area contributed by atoms with Crippen molar-refractivity contribution in [1.82, 2.24) is 0 Å². The van der Waals surface area contributed by atoms with Crippen LogP contribution in [0.3, 0.4) is 0 Å². The molecule has 0 aliphatic heterocycles. The summed E-state index contributed by atoms with van der Waals surface area (Å²) in [5, 5.41) is 0. The van der Waals surface area contributed by atoms with E-state index in [1.54, 1.807) is 6.92 Å². The van der Waals surface area contributed by atoms with Crippen molar-refractivity contribution < 1.29 is 60.9 Å². The molecule has 0 aliphatic rings. The minimum Gasteiger partial charge on any atom is -0.266 e. The van der Waals surface area contributed by atoms with Crippen LogP contribution in [0.15, 0.2) is 29.2 Å². The summed E-state index contributed by atoms with van der Waals surface area (Å²) in [6.45, 7) is 1.27. The van der Waals surface area contributed by atoms with Crippen molar-refractivity contribution in [3.8, 4) is 0 Å². The van der Waals surface area contributed by atoms with E-state index in [0.29, 0.717) is 0 Å². The van der Waals surface area contributed by atoms with Crippen LogP contribution < -0.4 is 0 Å². The lowest BCUT2D eigenvalue weighted by Crippen LogP contribution is -2.66. The van der Waals surface area contributed by atoms with Crippen molar-refractivity contribution in [2.75, 3.05) is 6.61 Å². The minimum absolute atomic E-state index is 0.102. The summed E-state index contributed by atoms with van der Waals surface area (Å²) in [5.74, 6) is -27.8. The Bertz CT molecular complexity index is 916. The monoisotopic (exact) mass is 650 g/mol. The van der Waals surface area contributed by atoms with E-state index in [1.165, 1.54) is 24.3 Å². The first-order valence-corrected chi connectivity index (χ1v) is 11.9. The molecular formula is C18H18F11IO3S. The Balaban J connectivity index is 2.68. The van der Waals surface area contributed by atoms with Crippen molar-refractivity contribution in [3.63, 3.8) is 0 Å². The van der Waals surface area contributed by atoms with E-state index in [-0.39, 0.29) is 17.7 Å². The molecule has 1 atom stereocenters. The molecule has 1 aromatic carbocycles. The van der Waals surface area contributed by atoms with Crippen LogP contribution in [0.2, 0.25) is 0 Å². The fourth-order valence-electron chi connectivity index (χ4n) is 2.52. The van der Waals surface area contributed by atoms with Crippen LogP contribution in [0.25, 0.3) is 0 Å². The number of unbranched alkanes of at least 4 members (excludes halogenated alkanes) is 1. The molecule has 0 amide bonds. The second kappa shape index (κ2) is 10.6. The number of halogens is 12. The van der Waals surface area contributed by atoms with Gasteiger partial charge in [0.25, 0.3) is 10.1 Å². The molecule has 0 bridgehead atoms. The van der Waals surface area contributed by atoms with Crippen LogP contribution >= 0.6 is 22.6 Å². The summed E-state index contributed by atoms with van der Waals surface area (Å²) in [6, 6.07) is 5.54. The summed E-state index contributed by atoms with van der Waals surface area (Å²) in [5.41, 5.74) is 0.773. The second-order valence-corrected chi connectivity index (χ2v) is 10.7. The lowest BCUT2D eigenvalue weighted by molar-refractivity contribution is -0.422. The Morgan fingerprint density at radius 2 is 1.32 bits per heavy atom. The van der Waals surface area contributed by atoms with Gasteiger partial charge in [-0.05, 0) is 31.9 Å². The molecule has 3 nitrogen and oxygen atoms in total. The summed E-state index contributed by atoms with van der Waals surface area (Å²) in [4.78, 5) is -0.164. The fourth-order valence-corrected chi connectivity index (χ4v) is 4.46. The Kier molecular flexibility index (Phi) is 9.70. The molecule has 0 spiro atoms. The zero-order valence-corrected chi connectivity index (χ0v) is 20.1. The van der Waals surface area contributed by atoms with Crippen molar-refractivity contribution in [1.29, 1.82) is 0 Å². The van der Waals surface area contributed by atoms with Gasteiger partial charge in [0.15, 0.2) is 0 Å². The summed E-state index contributed by atoms with van der Waals surface area (Å²) in [6.07, 6.45) is -9.96. The van der Waals surface area contributed by atoms with E-state index in [2.05, 4.69) is 0 Å². The normalized spacial score (nSPS) is 15.4. The van der Waals surface area contributed by atoms with E-state index in [9.17, 15) is 56.7 Å². The first-order chi connectivity index (χ1) is 15.1. The number of hydrogen-bond acceptors (Lipinski definition) is 3. The molecule has 0 radical (unpaired) electrons. The third-order valence-electron chi connectivity index (χ3n) is 4.54. The number of benzene rings is 1. The predicted octanol–water partition coefficient (Wildman–Crippen LogP) is 7.17. The third kappa shape index (κ3) is 6.64. The van der Waals surface area contributed by atoms with E-state index >= 15 is 0 Å². The maximum atomic E-state index is 13.8. The summed E-state index contributed by atoms with van der Waals surface area (Å²) >= 11 is 1.13. The highest BCUT2D eigenvalue weighted by Gasteiger charge is 2.86. The van der Waals surface area contributed by atoms with Crippen molar-refractivity contribution in [3.05, 3.63) is 29.8 Å². The van der Waals surface area contributed by atoms with Gasteiger partial charge in [0.2, 0.25) is 0 Å². The van der Waals surface area contributed by atoms with Gasteiger partial charge in [-0.25, -0.2) is 0 Å². The van der Waals surface area contributed by atoms with Crippen molar-refractivity contribution in [2.24, 2.45) is 0 Å². The molecule has 0 fully saturated rings. The van der Waals surface area contributed by atoms with Gasteiger partial charge >= 0.3 is 29.9 Å². The zero-order valence-electron chi connectivity index (χ0n) is 17.1. The maximum Gasteiger partial charge on any atom is 0.460 e. The highest BCUT2D eigenvalue weighted by Crippen LogP contribution is 2.58. The molecule has 34 heavy (non-hydrogen) atoms. The van der Waals surface area contributed by atoms with Crippen molar-refractivity contribution >= 4 is 32.7 Å². The van der Waals surface area contributed by atoms with Crippen molar-refractivity contribution in [2.45, 2.75) is 71.3 Å². The highest BCUT2D eigenvalue weighted by atomic mass is 127. The molecule has 0 N–H and O–H groups in total. The third-order valence-corrected chi connectivity index (χ3v) is 6.93. The standard InChI is InChI=1S/C18H18F11IO3S/c1-11-5-7-13(8-6-11)34(31,32)33-9-3-2-4-12(30)10-14(19,20)15(21,22)16(23,24)17(25,26)18(27,28)29/h5-8,12H,2-4,9-10H2,1H3. The van der Waals surface area contributed by atoms with Crippen LogP contribution in [-0.2, 0) is 14.3 Å². The van der Waals surface area contributed by atoms with Gasteiger partial charge in [0.05, 0.1) is 11.5 Å². The van der Waals surface area contributed by atoms with E-state index in [0.717, 1.165) is 28.2 Å². The lowest BCUT2D eigenvalue weighted by atomic mass is 9.94. The maximum absolute atomic E-state index is 13.8. The minimum atomic E-state index is -7.42. The molecular weight excluding hydrogens is 632 g/mol. The topological polar surface area (TPSA) is 43.4 Å². The number of hydrogen-bond donors (Lipinski definition) is 0. The van der Waals surface area contributed by atoms with Crippen LogP contribution in [0, 0.1) is 6.92 Å². The van der Waals surface area contributed by atoms with Gasteiger partial charge in [-0.2, -0.15) is 56.7 Å². The molecule has 1 rings (SSSR count). The van der Waals surface area contributed by atoms with Crippen LogP contribution in [-0.4, -0.2) is 48.8 Å². The molecule has 0 saturated carbocycles. The molecule has 0 aromatic heterocycles. The first kappa shape index (κ1) is 31.1. The smallest absolute Gasteiger partial charge is 0.266 e. The Hall–Kier alpha value is -0.910. The Morgan fingerprint density at radius 3 is 1.79 bits per heavy atom. The fraction of sp³-hybridized carbons (Fsp3) is 0.667. The zero-order chi connectivity index (χ0) is 26.8. The summed E-state index contributed by atoms with van der Waals surface area (Å²) < 4.78 is 170. The molecule has 16 heteroatoms. The predicted molar refractivity (Wildman–Crippen MR) is 106 cm³/mol. The highest BCUT2D eigenvalue weighted by molar-refractivity contribution is 14.1. The van der Waals surface area contributed by atoms with E-state index in [1.807, 2.05) is 0 Å². The number of alkyl halides is 12. The van der Waals surface area contributed by atoms with Crippen LogP contribution in [0.1, 0.15) is 31.2 Å². The number of rotatable bonds is 12. The van der Waals surface area contributed by atoms with E-state index in [4.69, 9.17) is 4.18 Å². The molecule has 0 aliphatic carbocycles. The number of aryl methyl sites for hydroxylation is 1. The SMILES string of the molecule is Cc1ccc(S(=O)(=O)OCCCCC(I)CC(F)(F)C(F)(F)C(F)(F)C(F)(F)C(F)(F)F)cc1. The van der Waals surface area contributed by atoms with Gasteiger partial charge in [-0.1, -0.05) is 46.7 Å². The Morgan fingerprint density at radius 1 is 0.824 bits per heavy atom. The molecule has 0 saturated heterocycles. The van der Waals surface area contributed by atoms with Crippen LogP contribution in [0.4, 0.5) is 48.3 Å². The molecule has 198 valence electrons. The molecule has 1 aromatic rings. The van der Waals surface area contributed by atoms with Gasteiger partial charge < -0.3 is 0 Å². The molecule has 0 heterocycles. The second-order valence-electron chi connectivity index (χ2n) is 7.31. The largest absolute Gasteiger partial charge is 0.460 e.